The minimum absolute atomic E-state index is 0.0583. The molecule has 1 aliphatic rings. The van der Waals surface area contributed by atoms with Gasteiger partial charge in [0, 0.05) is 6.54 Å². The Kier molecular flexibility index (Phi) is 3.56. The van der Waals surface area contributed by atoms with Crippen LogP contribution in [0.5, 0.6) is 0 Å². The number of aromatic amines is 1. The predicted molar refractivity (Wildman–Crippen MR) is 81.7 cm³/mol. The number of hydrogen-bond acceptors (Lipinski definition) is 4. The van der Waals surface area contributed by atoms with Crippen molar-refractivity contribution in [2.75, 3.05) is 19.6 Å². The molecule has 0 aliphatic carbocycles. The first-order chi connectivity index (χ1) is 9.20. The van der Waals surface area contributed by atoms with Gasteiger partial charge in [0.25, 0.3) is 5.56 Å². The number of hydrogen-bond donors (Lipinski definition) is 1. The van der Waals surface area contributed by atoms with Crippen LogP contribution >= 0.6 is 23.6 Å². The SMILES string of the molecule is CCN1CCCC(n2c(=S)[nH]c3sccc3c2=O)C1. The maximum atomic E-state index is 12.6. The van der Waals surface area contributed by atoms with Crippen LogP contribution in [0.25, 0.3) is 10.2 Å². The first kappa shape index (κ1) is 13.0. The number of likely N-dealkylation sites (tertiary alicyclic amines) is 1. The smallest absolute Gasteiger partial charge is 0.263 e. The van der Waals surface area contributed by atoms with Gasteiger partial charge in [-0.3, -0.25) is 9.36 Å². The van der Waals surface area contributed by atoms with Crippen molar-refractivity contribution in [2.45, 2.75) is 25.8 Å². The molecule has 1 atom stereocenters. The topological polar surface area (TPSA) is 41.0 Å². The maximum absolute atomic E-state index is 12.6. The summed E-state index contributed by atoms with van der Waals surface area (Å²) in [5, 5.41) is 2.69. The van der Waals surface area contributed by atoms with Crippen LogP contribution in [0, 0.1) is 4.77 Å². The van der Waals surface area contributed by atoms with E-state index in [1.807, 2.05) is 11.4 Å². The highest BCUT2D eigenvalue weighted by atomic mass is 32.1. The van der Waals surface area contributed by atoms with Crippen LogP contribution in [0.3, 0.4) is 0 Å². The summed E-state index contributed by atoms with van der Waals surface area (Å²) in [7, 11) is 0. The third-order valence-corrected chi connectivity index (χ3v) is 4.98. The van der Waals surface area contributed by atoms with Gasteiger partial charge < -0.3 is 9.88 Å². The average Bonchev–Trinajstić information content (AvgIpc) is 2.87. The van der Waals surface area contributed by atoms with E-state index >= 15 is 0 Å². The molecule has 0 saturated carbocycles. The zero-order valence-electron chi connectivity index (χ0n) is 10.9. The van der Waals surface area contributed by atoms with E-state index in [0.717, 1.165) is 42.7 Å². The number of piperidine rings is 1. The number of nitrogens with zero attached hydrogens (tertiary/aromatic N) is 2. The van der Waals surface area contributed by atoms with Crippen molar-refractivity contribution in [3.05, 3.63) is 26.6 Å². The van der Waals surface area contributed by atoms with Gasteiger partial charge in [-0.05, 0) is 49.6 Å². The van der Waals surface area contributed by atoms with Gasteiger partial charge in [0.1, 0.15) is 4.83 Å². The summed E-state index contributed by atoms with van der Waals surface area (Å²) in [6.07, 6.45) is 2.16. The molecule has 4 nitrogen and oxygen atoms in total. The molecule has 0 bridgehead atoms. The number of nitrogens with one attached hydrogen (secondary N) is 1. The van der Waals surface area contributed by atoms with E-state index in [1.54, 1.807) is 4.57 Å². The zero-order valence-corrected chi connectivity index (χ0v) is 12.5. The third kappa shape index (κ3) is 2.28. The molecule has 19 heavy (non-hydrogen) atoms. The van der Waals surface area contributed by atoms with Crippen molar-refractivity contribution >= 4 is 33.8 Å². The van der Waals surface area contributed by atoms with Crippen LogP contribution in [0.4, 0.5) is 0 Å². The summed E-state index contributed by atoms with van der Waals surface area (Å²) in [6.45, 7) is 5.23. The number of thiophene rings is 1. The largest absolute Gasteiger partial charge is 0.323 e. The predicted octanol–water partition coefficient (Wildman–Crippen LogP) is 2.78. The fraction of sp³-hybridized carbons (Fsp3) is 0.538. The summed E-state index contributed by atoms with van der Waals surface area (Å²) in [6, 6.07) is 2.08. The third-order valence-electron chi connectivity index (χ3n) is 3.85. The highest BCUT2D eigenvalue weighted by Gasteiger charge is 2.22. The highest BCUT2D eigenvalue weighted by Crippen LogP contribution is 2.22. The van der Waals surface area contributed by atoms with Crippen molar-refractivity contribution < 1.29 is 0 Å². The fourth-order valence-electron chi connectivity index (χ4n) is 2.81. The van der Waals surface area contributed by atoms with Gasteiger partial charge in [-0.2, -0.15) is 0 Å². The molecule has 0 radical (unpaired) electrons. The standard InChI is InChI=1S/C13H17N3OS2/c1-2-15-6-3-4-9(8-15)16-12(17)10-5-7-19-11(10)14-13(16)18/h5,7,9H,2-4,6,8H2,1H3,(H,14,18). The molecule has 6 heteroatoms. The first-order valence-electron chi connectivity index (χ1n) is 6.65. The van der Waals surface area contributed by atoms with E-state index in [-0.39, 0.29) is 11.6 Å². The average molecular weight is 295 g/mol. The van der Waals surface area contributed by atoms with Crippen molar-refractivity contribution in [1.29, 1.82) is 0 Å². The van der Waals surface area contributed by atoms with Gasteiger partial charge in [-0.15, -0.1) is 11.3 Å². The lowest BCUT2D eigenvalue weighted by atomic mass is 10.1. The van der Waals surface area contributed by atoms with Crippen molar-refractivity contribution in [3.63, 3.8) is 0 Å². The summed E-state index contributed by atoms with van der Waals surface area (Å²) in [5.74, 6) is 0. The Balaban J connectivity index is 2.09. The van der Waals surface area contributed by atoms with Gasteiger partial charge >= 0.3 is 0 Å². The maximum Gasteiger partial charge on any atom is 0.263 e. The van der Waals surface area contributed by atoms with Crippen LogP contribution < -0.4 is 5.56 Å². The van der Waals surface area contributed by atoms with E-state index in [2.05, 4.69) is 16.8 Å². The van der Waals surface area contributed by atoms with Gasteiger partial charge in [0.05, 0.1) is 11.4 Å². The van der Waals surface area contributed by atoms with Gasteiger partial charge in [0.15, 0.2) is 4.77 Å². The minimum atomic E-state index is 0.0583. The lowest BCUT2D eigenvalue weighted by Crippen LogP contribution is -2.40. The molecule has 1 saturated heterocycles. The number of rotatable bonds is 2. The van der Waals surface area contributed by atoms with Crippen molar-refractivity contribution in [2.24, 2.45) is 0 Å². The molecule has 2 aromatic rings. The van der Waals surface area contributed by atoms with Gasteiger partial charge in [-0.1, -0.05) is 6.92 Å². The zero-order chi connectivity index (χ0) is 13.4. The second-order valence-corrected chi connectivity index (χ2v) is 6.26. The fourth-order valence-corrected chi connectivity index (χ4v) is 3.99. The molecule has 1 fully saturated rings. The van der Waals surface area contributed by atoms with E-state index in [4.69, 9.17) is 12.2 Å². The van der Waals surface area contributed by atoms with Crippen LogP contribution in [0.2, 0.25) is 0 Å². The Labute approximate surface area is 120 Å². The highest BCUT2D eigenvalue weighted by molar-refractivity contribution is 7.71. The Morgan fingerprint density at radius 1 is 1.58 bits per heavy atom. The van der Waals surface area contributed by atoms with Crippen molar-refractivity contribution in [1.82, 2.24) is 14.5 Å². The molecule has 0 amide bonds. The van der Waals surface area contributed by atoms with Gasteiger partial charge in [-0.25, -0.2) is 0 Å². The lowest BCUT2D eigenvalue weighted by molar-refractivity contribution is 0.182. The molecule has 1 aliphatic heterocycles. The summed E-state index contributed by atoms with van der Waals surface area (Å²) < 4.78 is 2.34. The molecule has 1 unspecified atom stereocenters. The van der Waals surface area contributed by atoms with Crippen LogP contribution in [-0.4, -0.2) is 34.1 Å². The second kappa shape index (κ2) is 5.19. The second-order valence-electron chi connectivity index (χ2n) is 4.96. The Morgan fingerprint density at radius 2 is 2.42 bits per heavy atom. The molecule has 3 rings (SSSR count). The number of likely N-dealkylation sites (N-methyl/N-ethyl adjacent to an activating group) is 1. The summed E-state index contributed by atoms with van der Waals surface area (Å²) in [4.78, 5) is 19.0. The molecular formula is C13H17N3OS2. The molecule has 1 N–H and O–H groups in total. The van der Waals surface area contributed by atoms with E-state index < -0.39 is 0 Å². The summed E-state index contributed by atoms with van der Waals surface area (Å²) in [5.41, 5.74) is 0.0583. The van der Waals surface area contributed by atoms with E-state index in [0.29, 0.717) is 4.77 Å². The Morgan fingerprint density at radius 3 is 3.21 bits per heavy atom. The molecule has 0 aromatic carbocycles. The molecular weight excluding hydrogens is 278 g/mol. The molecule has 2 aromatic heterocycles. The molecule has 102 valence electrons. The van der Waals surface area contributed by atoms with E-state index in [9.17, 15) is 4.79 Å². The number of aromatic nitrogens is 2. The number of H-pyrrole nitrogens is 1. The number of fused-ring (bicyclic) bond motifs is 1. The lowest BCUT2D eigenvalue weighted by Gasteiger charge is -2.32. The van der Waals surface area contributed by atoms with Crippen LogP contribution in [-0.2, 0) is 0 Å². The van der Waals surface area contributed by atoms with E-state index in [1.165, 1.54) is 11.3 Å². The van der Waals surface area contributed by atoms with Crippen LogP contribution in [0.1, 0.15) is 25.8 Å². The van der Waals surface area contributed by atoms with Crippen LogP contribution in [0.15, 0.2) is 16.2 Å². The molecule has 3 heterocycles. The summed E-state index contributed by atoms with van der Waals surface area (Å²) >= 11 is 6.91. The normalized spacial score (nSPS) is 21.0. The Hall–Kier alpha value is -0.980. The first-order valence-corrected chi connectivity index (χ1v) is 7.94. The molecule has 0 spiro atoms. The minimum Gasteiger partial charge on any atom is -0.323 e. The van der Waals surface area contributed by atoms with Crippen molar-refractivity contribution in [3.8, 4) is 0 Å². The van der Waals surface area contributed by atoms with Gasteiger partial charge in [0.2, 0.25) is 0 Å². The Bertz CT molecular complexity index is 700. The quantitative estimate of drug-likeness (QED) is 0.866. The monoisotopic (exact) mass is 295 g/mol.